The van der Waals surface area contributed by atoms with E-state index in [1.165, 1.54) is 21.0 Å². The average molecular weight is 995 g/mol. The van der Waals surface area contributed by atoms with E-state index < -0.39 is 145 Å². The first-order valence-corrected chi connectivity index (χ1v) is 22.9. The Morgan fingerprint density at radius 3 is 1.71 bits per heavy atom. The van der Waals surface area contributed by atoms with Gasteiger partial charge in [0.2, 0.25) is 12.2 Å². The van der Waals surface area contributed by atoms with Crippen LogP contribution in [0, 0.1) is 0 Å². The van der Waals surface area contributed by atoms with Crippen molar-refractivity contribution < 1.29 is 91.8 Å². The second-order valence-electron chi connectivity index (χ2n) is 21.5. The first-order valence-electron chi connectivity index (χ1n) is 22.9. The summed E-state index contributed by atoms with van der Waals surface area (Å²) in [4.78, 5) is 79.2. The zero-order valence-corrected chi connectivity index (χ0v) is 42.5. The van der Waals surface area contributed by atoms with Crippen LogP contribution in [0.1, 0.15) is 116 Å². The Bertz CT molecular complexity index is 1760. The average Bonchev–Trinajstić information content (AvgIpc) is 3.16. The Hall–Kier alpha value is -4.50. The summed E-state index contributed by atoms with van der Waals surface area (Å²) in [5.41, 5.74) is -5.62. The number of aliphatic hydroxyl groups excluding tert-OH is 3. The number of hydrogen-bond donors (Lipinski definition) is 9. The minimum absolute atomic E-state index is 0.0651. The van der Waals surface area contributed by atoms with E-state index >= 15 is 0 Å². The maximum absolute atomic E-state index is 13.8. The Balaban J connectivity index is 2.11. The van der Waals surface area contributed by atoms with E-state index in [1.807, 2.05) is 0 Å². The lowest BCUT2D eigenvalue weighted by molar-refractivity contribution is -0.321. The normalized spacial score (nSPS) is 30.3. The van der Waals surface area contributed by atoms with Gasteiger partial charge in [0, 0.05) is 27.1 Å². The van der Waals surface area contributed by atoms with Crippen LogP contribution < -0.4 is 26.6 Å². The van der Waals surface area contributed by atoms with Gasteiger partial charge in [-0.2, -0.15) is 0 Å². The molecule has 3 aliphatic rings. The predicted octanol–water partition coefficient (Wildman–Crippen LogP) is 1.59. The molecule has 0 aromatic heterocycles. The highest BCUT2D eigenvalue weighted by Gasteiger charge is 2.55. The van der Waals surface area contributed by atoms with Crippen molar-refractivity contribution in [1.29, 1.82) is 0 Å². The minimum atomic E-state index is -1.96. The number of rotatable bonds is 13. The Morgan fingerprint density at radius 2 is 1.19 bits per heavy atom. The molecule has 398 valence electrons. The molecule has 1 saturated carbocycles. The van der Waals surface area contributed by atoms with E-state index in [0.29, 0.717) is 0 Å². The number of nitrogens with one attached hydrogen (secondary N) is 5. The molecular formula is C44H78N6O19. The third-order valence-electron chi connectivity index (χ3n) is 10.3. The van der Waals surface area contributed by atoms with Crippen molar-refractivity contribution in [3.8, 4) is 0 Å². The number of carbonyl (C=O) groups is 6. The lowest BCUT2D eigenvalue weighted by Gasteiger charge is -2.50. The molecule has 13 atom stereocenters. The number of ether oxygens (including phenoxy) is 9. The first kappa shape index (κ1) is 58.8. The summed E-state index contributed by atoms with van der Waals surface area (Å²) in [7, 11) is 2.62. The second-order valence-corrected chi connectivity index (χ2v) is 21.5. The van der Waals surface area contributed by atoms with Gasteiger partial charge in [0.25, 0.3) is 0 Å². The van der Waals surface area contributed by atoms with Crippen molar-refractivity contribution in [3.63, 3.8) is 0 Å². The summed E-state index contributed by atoms with van der Waals surface area (Å²) >= 11 is 0. The van der Waals surface area contributed by atoms with Gasteiger partial charge >= 0.3 is 30.5 Å². The number of hydrogen-bond acceptors (Lipinski definition) is 19. The molecule has 2 saturated heterocycles. The molecule has 0 bridgehead atoms. The zero-order chi connectivity index (χ0) is 52.6. The fraction of sp³-hybridized carbons (Fsp3) is 0.864. The van der Waals surface area contributed by atoms with E-state index in [1.54, 1.807) is 83.1 Å². The van der Waals surface area contributed by atoms with Crippen LogP contribution in [0.25, 0.3) is 0 Å². The number of amides is 6. The van der Waals surface area contributed by atoms with E-state index in [0.717, 1.165) is 4.90 Å². The van der Waals surface area contributed by atoms with Gasteiger partial charge in [-0.3, -0.25) is 4.79 Å². The summed E-state index contributed by atoms with van der Waals surface area (Å²) in [6.45, 7) is 20.2. The molecule has 3 fully saturated rings. The van der Waals surface area contributed by atoms with E-state index in [-0.39, 0.29) is 32.2 Å². The van der Waals surface area contributed by atoms with Crippen molar-refractivity contribution >= 4 is 36.4 Å². The van der Waals surface area contributed by atoms with Crippen LogP contribution in [0.2, 0.25) is 0 Å². The molecule has 0 radical (unpaired) electrons. The smallest absolute Gasteiger partial charge is 0.410 e. The molecule has 6 amide bonds. The molecule has 25 nitrogen and oxygen atoms in total. The van der Waals surface area contributed by atoms with Gasteiger partial charge in [0.1, 0.15) is 58.5 Å². The third-order valence-corrected chi connectivity index (χ3v) is 10.3. The standard InChI is InChI=1S/C44H78N6O19/c1-40(2,3)66-36(56)46-19-18-25(51)32(54)47-23-20-24(49-38(58)68-42(7,8)9)30(64-33-22(48-37(57)67-41(4,5)6)16-17-26(62-33)63-35(55)45-14)27(52)29(23)65-34-28(53)31(44(13,60)21-61-34)50(15)39(59)69-43(10,11)12/h22-31,33-34,51-53,60H,16-21H2,1-15H3,(H,45,55)(H,46,56)(H,47,54)(H,48,57)(H,49,58)/t22-,23-,24+,25+,26+,27-,28-,29+,30-,31-,33+,34-,44+/m1/s1. The van der Waals surface area contributed by atoms with Gasteiger partial charge in [-0.05, 0) is 109 Å². The lowest BCUT2D eigenvalue weighted by Crippen LogP contribution is -2.71. The lowest BCUT2D eigenvalue weighted by atomic mass is 9.82. The highest BCUT2D eigenvalue weighted by molar-refractivity contribution is 5.81. The SMILES string of the molecule is CNC(=O)O[C@H]1CC[C@@H](NC(=O)OC(C)(C)C)[C@H](O[C@H]2[C@H](O)[C@@H](O[C@H]3OC[C@](C)(O)[C@H](N(C)C(=O)OC(C)(C)C)[C@H]3O)[C@H](NC(=O)[C@@H](O)CCNC(=O)OC(C)(C)C)C[C@@H]2NC(=O)OC(C)(C)C)O1. The van der Waals surface area contributed by atoms with Crippen LogP contribution in [0.3, 0.4) is 0 Å². The first-order chi connectivity index (χ1) is 31.5. The van der Waals surface area contributed by atoms with Gasteiger partial charge < -0.3 is 94.5 Å². The van der Waals surface area contributed by atoms with Crippen LogP contribution >= 0.6 is 0 Å². The summed E-state index contributed by atoms with van der Waals surface area (Å²) < 4.78 is 51.8. The molecule has 2 aliphatic heterocycles. The summed E-state index contributed by atoms with van der Waals surface area (Å²) in [6.07, 6.45) is -18.4. The molecule has 9 N–H and O–H groups in total. The molecule has 0 spiro atoms. The van der Waals surface area contributed by atoms with Gasteiger partial charge in [0.05, 0.1) is 30.8 Å². The molecule has 25 heteroatoms. The molecule has 0 aromatic carbocycles. The predicted molar refractivity (Wildman–Crippen MR) is 241 cm³/mol. The number of nitrogens with zero attached hydrogens (tertiary/aromatic N) is 1. The van der Waals surface area contributed by atoms with Gasteiger partial charge in [0.15, 0.2) is 12.6 Å². The fourth-order valence-corrected chi connectivity index (χ4v) is 7.56. The summed E-state index contributed by atoms with van der Waals surface area (Å²) in [5, 5.41) is 59.6. The van der Waals surface area contributed by atoms with E-state index in [9.17, 15) is 49.2 Å². The van der Waals surface area contributed by atoms with Crippen LogP contribution in [0.15, 0.2) is 0 Å². The Morgan fingerprint density at radius 1 is 0.696 bits per heavy atom. The van der Waals surface area contributed by atoms with Gasteiger partial charge in [-0.1, -0.05) is 0 Å². The molecule has 1 aliphatic carbocycles. The minimum Gasteiger partial charge on any atom is -0.444 e. The monoisotopic (exact) mass is 995 g/mol. The van der Waals surface area contributed by atoms with Gasteiger partial charge in [-0.15, -0.1) is 0 Å². The number of likely N-dealkylation sites (N-methyl/N-ethyl adjacent to an activating group) is 1. The highest BCUT2D eigenvalue weighted by atomic mass is 16.8. The van der Waals surface area contributed by atoms with Crippen LogP contribution in [0.5, 0.6) is 0 Å². The number of aliphatic hydroxyl groups is 4. The van der Waals surface area contributed by atoms with Crippen LogP contribution in [-0.2, 0) is 47.4 Å². The Kier molecular flexibility index (Phi) is 20.1. The van der Waals surface area contributed by atoms with Gasteiger partial charge in [-0.25, -0.2) is 24.0 Å². The van der Waals surface area contributed by atoms with E-state index in [4.69, 9.17) is 42.6 Å². The maximum atomic E-state index is 13.8. The Labute approximate surface area is 403 Å². The quantitative estimate of drug-likeness (QED) is 0.118. The van der Waals surface area contributed by atoms with Crippen LogP contribution in [-0.4, -0.2) is 191 Å². The van der Waals surface area contributed by atoms with Crippen molar-refractivity contribution in [2.45, 2.75) is 217 Å². The number of carbonyl (C=O) groups excluding carboxylic acids is 6. The molecule has 0 aromatic rings. The fourth-order valence-electron chi connectivity index (χ4n) is 7.56. The molecule has 2 heterocycles. The van der Waals surface area contributed by atoms with Crippen LogP contribution in [0.4, 0.5) is 24.0 Å². The largest absolute Gasteiger partial charge is 0.444 e. The van der Waals surface area contributed by atoms with Crippen molar-refractivity contribution in [2.75, 3.05) is 27.2 Å². The molecular weight excluding hydrogens is 917 g/mol. The molecule has 0 unspecified atom stereocenters. The zero-order valence-electron chi connectivity index (χ0n) is 42.5. The maximum Gasteiger partial charge on any atom is 0.410 e. The molecule has 69 heavy (non-hydrogen) atoms. The number of alkyl carbamates (subject to hydrolysis) is 4. The molecule has 3 rings (SSSR count). The van der Waals surface area contributed by atoms with Crippen molar-refractivity contribution in [3.05, 3.63) is 0 Å². The third kappa shape index (κ3) is 19.0. The topological polar surface area (TPSA) is 330 Å². The highest BCUT2D eigenvalue weighted by Crippen LogP contribution is 2.35. The van der Waals surface area contributed by atoms with Crippen molar-refractivity contribution in [2.24, 2.45) is 0 Å². The second kappa shape index (κ2) is 23.6. The summed E-state index contributed by atoms with van der Waals surface area (Å²) in [6, 6.07) is -5.18. The summed E-state index contributed by atoms with van der Waals surface area (Å²) in [5.74, 6) is -1.01. The van der Waals surface area contributed by atoms with E-state index in [2.05, 4.69) is 26.6 Å². The van der Waals surface area contributed by atoms with Crippen molar-refractivity contribution in [1.82, 2.24) is 31.5 Å².